The number of carbonyl (C=O) groups excluding carboxylic acids is 2. The number of aromatic amines is 1. The molecule has 182 valence electrons. The first-order valence-electron chi connectivity index (χ1n) is 11.6. The van der Waals surface area contributed by atoms with Gasteiger partial charge in [-0.05, 0) is 25.0 Å². The number of hydrogen-bond acceptors (Lipinski definition) is 7. The summed E-state index contributed by atoms with van der Waals surface area (Å²) < 4.78 is 5.48. The molecule has 1 fully saturated rings. The Morgan fingerprint density at radius 2 is 1.92 bits per heavy atom. The number of carbonyl (C=O) groups is 3. The third-order valence-corrected chi connectivity index (χ3v) is 7.06. The van der Waals surface area contributed by atoms with Gasteiger partial charge in [-0.3, -0.25) is 9.59 Å². The minimum atomic E-state index is -1.11. The molecule has 1 saturated carbocycles. The van der Waals surface area contributed by atoms with Crippen molar-refractivity contribution in [2.75, 3.05) is 13.6 Å². The Morgan fingerprint density at radius 1 is 1.17 bits per heavy atom. The van der Waals surface area contributed by atoms with Crippen LogP contribution in [0.15, 0.2) is 47.2 Å². The summed E-state index contributed by atoms with van der Waals surface area (Å²) in [4.78, 5) is 52.7. The maximum absolute atomic E-state index is 13.5. The van der Waals surface area contributed by atoms with E-state index in [0.29, 0.717) is 48.6 Å². The highest BCUT2D eigenvalue weighted by atomic mass is 16.5. The second-order valence-electron chi connectivity index (χ2n) is 9.18. The Morgan fingerprint density at radius 3 is 2.61 bits per heavy atom. The van der Waals surface area contributed by atoms with Crippen LogP contribution in [-0.2, 0) is 18.5 Å². The maximum Gasteiger partial charge on any atom is 0.338 e. The van der Waals surface area contributed by atoms with Crippen molar-refractivity contribution >= 4 is 28.7 Å². The molecule has 3 aromatic heterocycles. The standard InChI is InChI=1S/C25H22N6O5/c1-30(25(7-8-25)24-26-11-15(12-27-24)23(34)35)22(33)20-16-13-31(9-6-19(16)36-29-20)21(32)18-10-14-4-2-3-5-17(14)28-18/h2-5,10-12,28H,6-9,13H2,1H3,(H,34,35). The third kappa shape index (κ3) is 3.43. The minimum Gasteiger partial charge on any atom is -0.478 e. The number of aromatic nitrogens is 4. The molecule has 1 aliphatic heterocycles. The van der Waals surface area contributed by atoms with Crippen molar-refractivity contribution in [1.82, 2.24) is 29.9 Å². The Hall–Kier alpha value is -4.54. The number of hydrogen-bond donors (Lipinski definition) is 2. The number of nitrogens with one attached hydrogen (secondary N) is 1. The van der Waals surface area contributed by atoms with Gasteiger partial charge in [0.15, 0.2) is 11.5 Å². The van der Waals surface area contributed by atoms with Crippen LogP contribution in [0.4, 0.5) is 0 Å². The van der Waals surface area contributed by atoms with Gasteiger partial charge in [0.1, 0.15) is 17.0 Å². The van der Waals surface area contributed by atoms with Crippen LogP contribution >= 0.6 is 0 Å². The van der Waals surface area contributed by atoms with Gasteiger partial charge in [0.05, 0.1) is 12.1 Å². The van der Waals surface area contributed by atoms with E-state index in [-0.39, 0.29) is 29.6 Å². The SMILES string of the molecule is CN(C(=O)c1noc2c1CN(C(=O)c1cc3ccccc3[nH]1)CC2)C1(c2ncc(C(=O)O)cn2)CC1. The predicted octanol–water partition coefficient (Wildman–Crippen LogP) is 2.60. The van der Waals surface area contributed by atoms with Gasteiger partial charge in [0, 0.05) is 48.9 Å². The van der Waals surface area contributed by atoms with E-state index in [9.17, 15) is 14.4 Å². The van der Waals surface area contributed by atoms with Gasteiger partial charge in [-0.1, -0.05) is 23.4 Å². The molecule has 1 aromatic carbocycles. The normalized spacial score (nSPS) is 16.0. The van der Waals surface area contributed by atoms with Gasteiger partial charge in [0.25, 0.3) is 11.8 Å². The van der Waals surface area contributed by atoms with E-state index in [1.807, 2.05) is 30.3 Å². The van der Waals surface area contributed by atoms with Gasteiger partial charge >= 0.3 is 5.97 Å². The average molecular weight is 486 g/mol. The fourth-order valence-electron chi connectivity index (χ4n) is 4.77. The second-order valence-corrected chi connectivity index (χ2v) is 9.18. The number of carboxylic acids is 1. The first-order valence-corrected chi connectivity index (χ1v) is 11.6. The molecule has 0 unspecified atom stereocenters. The van der Waals surface area contributed by atoms with Gasteiger partial charge in [-0.25, -0.2) is 14.8 Å². The Bertz CT molecular complexity index is 1480. The monoisotopic (exact) mass is 486 g/mol. The van der Waals surface area contributed by atoms with Crippen molar-refractivity contribution < 1.29 is 24.0 Å². The van der Waals surface area contributed by atoms with Crippen LogP contribution in [0.3, 0.4) is 0 Å². The summed E-state index contributed by atoms with van der Waals surface area (Å²) in [7, 11) is 1.65. The molecule has 0 radical (unpaired) electrons. The highest BCUT2D eigenvalue weighted by molar-refractivity contribution is 5.99. The molecule has 0 atom stereocenters. The Labute approximate surface area is 204 Å². The molecule has 0 bridgehead atoms. The van der Waals surface area contributed by atoms with E-state index in [1.54, 1.807) is 16.8 Å². The topological polar surface area (TPSA) is 146 Å². The predicted molar refractivity (Wildman–Crippen MR) is 125 cm³/mol. The first-order chi connectivity index (χ1) is 17.4. The van der Waals surface area contributed by atoms with Crippen LogP contribution in [-0.4, -0.2) is 66.4 Å². The number of rotatable bonds is 5. The molecule has 6 rings (SSSR count). The molecular formula is C25H22N6O5. The Balaban J connectivity index is 1.24. The molecule has 1 aliphatic carbocycles. The van der Waals surface area contributed by atoms with Crippen molar-refractivity contribution in [3.63, 3.8) is 0 Å². The first kappa shape index (κ1) is 22.0. The largest absolute Gasteiger partial charge is 0.478 e. The molecule has 11 nitrogen and oxygen atoms in total. The van der Waals surface area contributed by atoms with E-state index in [1.165, 1.54) is 12.4 Å². The van der Waals surface area contributed by atoms with Crippen molar-refractivity contribution in [3.05, 3.63) is 76.8 Å². The number of aromatic carboxylic acids is 1. The van der Waals surface area contributed by atoms with Gasteiger partial charge in [-0.2, -0.15) is 0 Å². The lowest BCUT2D eigenvalue weighted by Gasteiger charge is -2.28. The highest BCUT2D eigenvalue weighted by Crippen LogP contribution is 2.49. The van der Waals surface area contributed by atoms with Crippen LogP contribution in [0, 0.1) is 0 Å². The summed E-state index contributed by atoms with van der Waals surface area (Å²) >= 11 is 0. The van der Waals surface area contributed by atoms with Crippen molar-refractivity contribution in [2.24, 2.45) is 0 Å². The van der Waals surface area contributed by atoms with E-state index >= 15 is 0 Å². The lowest BCUT2D eigenvalue weighted by Crippen LogP contribution is -2.40. The molecule has 11 heteroatoms. The molecule has 4 heterocycles. The number of fused-ring (bicyclic) bond motifs is 2. The number of benzene rings is 1. The number of para-hydroxylation sites is 1. The zero-order valence-corrected chi connectivity index (χ0v) is 19.4. The minimum absolute atomic E-state index is 0.0196. The smallest absolute Gasteiger partial charge is 0.338 e. The van der Waals surface area contributed by atoms with Crippen LogP contribution in [0.25, 0.3) is 10.9 Å². The number of H-pyrrole nitrogens is 1. The van der Waals surface area contributed by atoms with Crippen LogP contribution in [0.1, 0.15) is 61.3 Å². The molecular weight excluding hydrogens is 464 g/mol. The van der Waals surface area contributed by atoms with Gasteiger partial charge < -0.3 is 24.4 Å². The highest BCUT2D eigenvalue weighted by Gasteiger charge is 2.53. The van der Waals surface area contributed by atoms with E-state index in [2.05, 4.69) is 20.1 Å². The number of nitrogens with zero attached hydrogens (tertiary/aromatic N) is 5. The van der Waals surface area contributed by atoms with E-state index in [0.717, 1.165) is 10.9 Å². The summed E-state index contributed by atoms with van der Waals surface area (Å²) in [5.74, 6) is -0.647. The molecule has 2 N–H and O–H groups in total. The summed E-state index contributed by atoms with van der Waals surface area (Å²) in [6, 6.07) is 9.51. The summed E-state index contributed by atoms with van der Waals surface area (Å²) in [5.41, 5.74) is 1.38. The van der Waals surface area contributed by atoms with E-state index < -0.39 is 11.5 Å². The zero-order chi connectivity index (χ0) is 25.0. The maximum atomic E-state index is 13.5. The summed E-state index contributed by atoms with van der Waals surface area (Å²) in [6.45, 7) is 0.659. The lowest BCUT2D eigenvalue weighted by molar-refractivity contribution is 0.0668. The fourth-order valence-corrected chi connectivity index (χ4v) is 4.77. The third-order valence-electron chi connectivity index (χ3n) is 7.06. The van der Waals surface area contributed by atoms with Crippen LogP contribution < -0.4 is 0 Å². The van der Waals surface area contributed by atoms with Crippen molar-refractivity contribution in [1.29, 1.82) is 0 Å². The van der Waals surface area contributed by atoms with Crippen molar-refractivity contribution in [3.8, 4) is 0 Å². The van der Waals surface area contributed by atoms with Gasteiger partial charge in [0.2, 0.25) is 0 Å². The van der Waals surface area contributed by atoms with Crippen LogP contribution in [0.5, 0.6) is 0 Å². The number of amides is 2. The molecule has 36 heavy (non-hydrogen) atoms. The average Bonchev–Trinajstić information content (AvgIpc) is 3.42. The number of carboxylic acid groups (broad SMARTS) is 1. The van der Waals surface area contributed by atoms with E-state index in [4.69, 9.17) is 9.63 Å². The summed E-state index contributed by atoms with van der Waals surface area (Å²) in [6.07, 6.45) is 4.23. The molecule has 0 saturated heterocycles. The molecule has 2 aliphatic rings. The van der Waals surface area contributed by atoms with Gasteiger partial charge in [-0.15, -0.1) is 0 Å². The quantitative estimate of drug-likeness (QED) is 0.438. The fraction of sp³-hybridized carbons (Fsp3) is 0.280. The lowest BCUT2D eigenvalue weighted by atomic mass is 10.0. The second kappa shape index (κ2) is 8.01. The molecule has 4 aromatic rings. The van der Waals surface area contributed by atoms with Crippen LogP contribution in [0.2, 0.25) is 0 Å². The Kier molecular flexibility index (Phi) is 4.88. The zero-order valence-electron chi connectivity index (χ0n) is 19.4. The summed E-state index contributed by atoms with van der Waals surface area (Å²) in [5, 5.41) is 14.1. The molecule has 0 spiro atoms. The molecule has 2 amide bonds. The van der Waals surface area contributed by atoms with Crippen molar-refractivity contribution in [2.45, 2.75) is 31.3 Å².